The highest BCUT2D eigenvalue weighted by Gasteiger charge is 2.29. The van der Waals surface area contributed by atoms with E-state index in [1.165, 1.54) is 24.3 Å². The highest BCUT2D eigenvalue weighted by Crippen LogP contribution is 2.43. The van der Waals surface area contributed by atoms with Crippen molar-refractivity contribution in [3.63, 3.8) is 0 Å². The average molecular weight is 360 g/mol. The SMILES string of the molecule is O=C(O)CCC(CP(=O)(O)CNc1ccc([N+](=O)[O-])cc1)C(=O)O. The molecular formula is C13H17N2O8P. The maximum atomic E-state index is 12.1. The highest BCUT2D eigenvalue weighted by molar-refractivity contribution is 7.58. The van der Waals surface area contributed by atoms with Crippen LogP contribution in [0.2, 0.25) is 0 Å². The second kappa shape index (κ2) is 8.42. The van der Waals surface area contributed by atoms with Gasteiger partial charge in [-0.2, -0.15) is 0 Å². The number of nitro benzene ring substituents is 1. The lowest BCUT2D eigenvalue weighted by Crippen LogP contribution is -2.21. The normalized spacial score (nSPS) is 14.4. The summed E-state index contributed by atoms with van der Waals surface area (Å²) in [7, 11) is -3.88. The Kier molecular flexibility index (Phi) is 6.87. The number of nitrogens with one attached hydrogen (secondary N) is 1. The molecule has 0 saturated heterocycles. The molecule has 0 aliphatic rings. The summed E-state index contributed by atoms with van der Waals surface area (Å²) >= 11 is 0. The van der Waals surface area contributed by atoms with Crippen molar-refractivity contribution >= 4 is 30.7 Å². The monoisotopic (exact) mass is 360 g/mol. The summed E-state index contributed by atoms with van der Waals surface area (Å²) in [4.78, 5) is 41.4. The minimum atomic E-state index is -3.88. The van der Waals surface area contributed by atoms with Crippen molar-refractivity contribution in [2.45, 2.75) is 12.8 Å². The molecule has 0 aliphatic carbocycles. The number of rotatable bonds is 10. The Morgan fingerprint density at radius 3 is 2.29 bits per heavy atom. The van der Waals surface area contributed by atoms with Crippen molar-refractivity contribution in [3.05, 3.63) is 34.4 Å². The number of aliphatic carboxylic acids is 2. The van der Waals surface area contributed by atoms with E-state index in [2.05, 4.69) is 5.32 Å². The lowest BCUT2D eigenvalue weighted by molar-refractivity contribution is -0.384. The van der Waals surface area contributed by atoms with E-state index in [0.29, 0.717) is 5.69 Å². The molecule has 0 aromatic heterocycles. The maximum Gasteiger partial charge on any atom is 0.307 e. The summed E-state index contributed by atoms with van der Waals surface area (Å²) in [5, 5.41) is 30.7. The molecule has 10 nitrogen and oxygen atoms in total. The number of non-ortho nitro benzene ring substituents is 1. The van der Waals surface area contributed by atoms with Gasteiger partial charge in [0.15, 0.2) is 0 Å². The Balaban J connectivity index is 2.63. The van der Waals surface area contributed by atoms with Gasteiger partial charge in [-0.05, 0) is 18.6 Å². The Morgan fingerprint density at radius 1 is 1.25 bits per heavy atom. The van der Waals surface area contributed by atoms with Crippen LogP contribution in [0.25, 0.3) is 0 Å². The fourth-order valence-corrected chi connectivity index (χ4v) is 3.50. The lowest BCUT2D eigenvalue weighted by Gasteiger charge is -2.17. The molecule has 132 valence electrons. The second-order valence-corrected chi connectivity index (χ2v) is 7.51. The van der Waals surface area contributed by atoms with Crippen molar-refractivity contribution in [1.29, 1.82) is 0 Å². The minimum absolute atomic E-state index is 0.132. The molecule has 11 heteroatoms. The van der Waals surface area contributed by atoms with Gasteiger partial charge in [-0.3, -0.25) is 24.3 Å². The van der Waals surface area contributed by atoms with Crippen LogP contribution in [-0.4, -0.2) is 44.4 Å². The number of carbonyl (C=O) groups is 2. The largest absolute Gasteiger partial charge is 0.481 e. The fourth-order valence-electron chi connectivity index (χ4n) is 1.92. The number of hydrogen-bond acceptors (Lipinski definition) is 6. The van der Waals surface area contributed by atoms with Gasteiger partial charge in [-0.25, -0.2) is 0 Å². The van der Waals surface area contributed by atoms with Crippen LogP contribution >= 0.6 is 7.37 Å². The maximum absolute atomic E-state index is 12.1. The summed E-state index contributed by atoms with van der Waals surface area (Å²) < 4.78 is 12.1. The van der Waals surface area contributed by atoms with E-state index in [4.69, 9.17) is 10.2 Å². The van der Waals surface area contributed by atoms with Crippen LogP contribution in [-0.2, 0) is 14.2 Å². The number of benzene rings is 1. The first kappa shape index (κ1) is 19.6. The summed E-state index contributed by atoms with van der Waals surface area (Å²) in [6.45, 7) is 0. The van der Waals surface area contributed by atoms with Gasteiger partial charge in [0.05, 0.1) is 17.1 Å². The molecule has 1 aromatic carbocycles. The van der Waals surface area contributed by atoms with E-state index >= 15 is 0 Å². The quantitative estimate of drug-likeness (QED) is 0.276. The van der Waals surface area contributed by atoms with Gasteiger partial charge in [-0.15, -0.1) is 0 Å². The first-order valence-corrected chi connectivity index (χ1v) is 8.87. The Labute approximate surface area is 136 Å². The minimum Gasteiger partial charge on any atom is -0.481 e. The third-order valence-electron chi connectivity index (χ3n) is 3.17. The zero-order valence-electron chi connectivity index (χ0n) is 12.5. The molecule has 0 heterocycles. The van der Waals surface area contributed by atoms with Gasteiger partial charge in [0.2, 0.25) is 7.37 Å². The molecule has 4 N–H and O–H groups in total. The van der Waals surface area contributed by atoms with E-state index in [1.54, 1.807) is 0 Å². The molecule has 0 fully saturated rings. The van der Waals surface area contributed by atoms with E-state index in [0.717, 1.165) is 0 Å². The van der Waals surface area contributed by atoms with E-state index < -0.39 is 49.0 Å². The number of carboxylic acid groups (broad SMARTS) is 2. The standard InChI is InChI=1S/C13H17N2O8P/c16-12(17)6-1-9(13(18)19)7-24(22,23)8-14-10-2-4-11(5-3-10)15(20)21/h2-5,9,14H,1,6-8H2,(H,16,17)(H,18,19)(H,22,23). The highest BCUT2D eigenvalue weighted by atomic mass is 31.2. The predicted octanol–water partition coefficient (Wildman–Crippen LogP) is 1.80. The van der Waals surface area contributed by atoms with Crippen LogP contribution in [0.3, 0.4) is 0 Å². The van der Waals surface area contributed by atoms with Crippen LogP contribution in [0.1, 0.15) is 12.8 Å². The lowest BCUT2D eigenvalue weighted by atomic mass is 10.1. The van der Waals surface area contributed by atoms with Crippen molar-refractivity contribution < 1.29 is 34.2 Å². The van der Waals surface area contributed by atoms with Crippen LogP contribution in [0.15, 0.2) is 24.3 Å². The summed E-state index contributed by atoms with van der Waals surface area (Å²) in [6, 6.07) is 5.16. The van der Waals surface area contributed by atoms with Crippen LogP contribution in [0, 0.1) is 16.0 Å². The van der Waals surface area contributed by atoms with Crippen molar-refractivity contribution in [3.8, 4) is 0 Å². The third-order valence-corrected chi connectivity index (χ3v) is 4.83. The van der Waals surface area contributed by atoms with E-state index in [1.807, 2.05) is 0 Å². The third kappa shape index (κ3) is 6.76. The molecule has 0 amide bonds. The number of nitro groups is 1. The van der Waals surface area contributed by atoms with Gasteiger partial charge in [0.1, 0.15) is 0 Å². The predicted molar refractivity (Wildman–Crippen MR) is 84.3 cm³/mol. The van der Waals surface area contributed by atoms with E-state index in [-0.39, 0.29) is 12.1 Å². The van der Waals surface area contributed by atoms with Crippen molar-refractivity contribution in [2.24, 2.45) is 5.92 Å². The Hall–Kier alpha value is -2.45. The molecule has 2 unspecified atom stereocenters. The summed E-state index contributed by atoms with van der Waals surface area (Å²) in [5.41, 5.74) is 0.236. The van der Waals surface area contributed by atoms with E-state index in [9.17, 15) is 29.2 Å². The van der Waals surface area contributed by atoms with Gasteiger partial charge in [-0.1, -0.05) is 0 Å². The van der Waals surface area contributed by atoms with Crippen molar-refractivity contribution in [2.75, 3.05) is 17.8 Å². The number of nitrogens with zero attached hydrogens (tertiary/aromatic N) is 1. The molecule has 1 rings (SSSR count). The second-order valence-electron chi connectivity index (χ2n) is 5.14. The average Bonchev–Trinajstić information content (AvgIpc) is 2.49. The first-order chi connectivity index (χ1) is 11.1. The molecule has 2 atom stereocenters. The van der Waals surface area contributed by atoms with Crippen LogP contribution in [0.4, 0.5) is 11.4 Å². The number of carboxylic acids is 2. The van der Waals surface area contributed by atoms with Crippen LogP contribution in [0.5, 0.6) is 0 Å². The van der Waals surface area contributed by atoms with Gasteiger partial charge >= 0.3 is 11.9 Å². The Bertz CT molecular complexity index is 660. The van der Waals surface area contributed by atoms with Crippen molar-refractivity contribution in [1.82, 2.24) is 0 Å². The topological polar surface area (TPSA) is 167 Å². The summed E-state index contributed by atoms with van der Waals surface area (Å²) in [6.07, 6.45) is -1.64. The summed E-state index contributed by atoms with van der Waals surface area (Å²) in [5.74, 6) is -3.76. The molecule has 0 saturated carbocycles. The first-order valence-electron chi connectivity index (χ1n) is 6.84. The molecule has 24 heavy (non-hydrogen) atoms. The molecule has 0 radical (unpaired) electrons. The number of hydrogen-bond donors (Lipinski definition) is 4. The molecule has 0 bridgehead atoms. The molecule has 0 aliphatic heterocycles. The van der Waals surface area contributed by atoms with Crippen LogP contribution < -0.4 is 5.32 Å². The zero-order chi connectivity index (χ0) is 18.3. The number of anilines is 1. The van der Waals surface area contributed by atoms with Gasteiger partial charge in [0.25, 0.3) is 5.69 Å². The molecular weight excluding hydrogens is 343 g/mol. The van der Waals surface area contributed by atoms with Gasteiger partial charge in [0, 0.05) is 30.4 Å². The molecule has 1 aromatic rings. The Morgan fingerprint density at radius 2 is 1.83 bits per heavy atom. The zero-order valence-corrected chi connectivity index (χ0v) is 13.4. The smallest absolute Gasteiger partial charge is 0.307 e. The molecule has 0 spiro atoms. The fraction of sp³-hybridized carbons (Fsp3) is 0.385. The van der Waals surface area contributed by atoms with Gasteiger partial charge < -0.3 is 20.4 Å².